The van der Waals surface area contributed by atoms with Crippen molar-refractivity contribution in [3.05, 3.63) is 53.5 Å². The van der Waals surface area contributed by atoms with Gasteiger partial charge in [0, 0.05) is 25.8 Å². The topological polar surface area (TPSA) is 60.2 Å². The number of aliphatic hydroxyl groups excluding tert-OH is 1. The molecule has 0 bridgehead atoms. The quantitative estimate of drug-likeness (QED) is 0.760. The van der Waals surface area contributed by atoms with Crippen LogP contribution in [-0.2, 0) is 13.0 Å². The van der Waals surface area contributed by atoms with Crippen LogP contribution < -0.4 is 4.74 Å². The van der Waals surface area contributed by atoms with E-state index >= 15 is 0 Å². The van der Waals surface area contributed by atoms with E-state index in [9.17, 15) is 0 Å². The van der Waals surface area contributed by atoms with Gasteiger partial charge in [-0.25, -0.2) is 9.97 Å². The van der Waals surface area contributed by atoms with Gasteiger partial charge in [-0.3, -0.25) is 0 Å². The lowest BCUT2D eigenvalue weighted by Crippen LogP contribution is -2.07. The molecule has 0 amide bonds. The minimum absolute atomic E-state index is 0.160. The normalized spacial score (nSPS) is 11.1. The Balaban J connectivity index is 1.96. The number of fused-ring (bicyclic) bond motifs is 1. The number of aromatic nitrogens is 3. The van der Waals surface area contributed by atoms with Gasteiger partial charge < -0.3 is 14.4 Å². The van der Waals surface area contributed by atoms with Crippen molar-refractivity contribution in [2.45, 2.75) is 26.3 Å². The van der Waals surface area contributed by atoms with Gasteiger partial charge in [0.1, 0.15) is 17.1 Å². The first-order chi connectivity index (χ1) is 11.2. The number of benzene rings is 1. The first-order valence-electron chi connectivity index (χ1n) is 7.77. The Morgan fingerprint density at radius 3 is 2.70 bits per heavy atom. The summed E-state index contributed by atoms with van der Waals surface area (Å²) >= 11 is 0. The van der Waals surface area contributed by atoms with E-state index in [2.05, 4.69) is 15.6 Å². The lowest BCUT2D eigenvalue weighted by atomic mass is 10.1. The molecule has 3 rings (SSSR count). The summed E-state index contributed by atoms with van der Waals surface area (Å²) in [7, 11) is 1.66. The van der Waals surface area contributed by atoms with Gasteiger partial charge in [-0.2, -0.15) is 0 Å². The first-order valence-corrected chi connectivity index (χ1v) is 7.77. The maximum atomic E-state index is 9.15. The summed E-state index contributed by atoms with van der Waals surface area (Å²) < 4.78 is 7.31. The summed E-state index contributed by atoms with van der Waals surface area (Å²) in [6, 6.07) is 10.1. The van der Waals surface area contributed by atoms with Crippen molar-refractivity contribution < 1.29 is 9.84 Å². The maximum absolute atomic E-state index is 9.15. The number of methoxy groups -OCH3 is 1. The molecule has 1 aromatic carbocycles. The second kappa shape index (κ2) is 6.79. The summed E-state index contributed by atoms with van der Waals surface area (Å²) in [6.07, 6.45) is 3.28. The summed E-state index contributed by atoms with van der Waals surface area (Å²) in [5.74, 6) is 1.82. The lowest BCUT2D eigenvalue weighted by molar-refractivity contribution is 0.280. The molecule has 0 fully saturated rings. The van der Waals surface area contributed by atoms with Gasteiger partial charge in [-0.1, -0.05) is 12.1 Å². The summed E-state index contributed by atoms with van der Waals surface area (Å²) in [5, 5.41) is 9.15. The van der Waals surface area contributed by atoms with E-state index < -0.39 is 0 Å². The zero-order valence-electron chi connectivity index (χ0n) is 13.5. The number of imidazole rings is 1. The highest BCUT2D eigenvalue weighted by Crippen LogP contribution is 2.20. The fourth-order valence-electron chi connectivity index (χ4n) is 2.68. The molecule has 0 atom stereocenters. The number of nitrogens with zero attached hydrogens (tertiary/aromatic N) is 3. The molecular weight excluding hydrogens is 290 g/mol. The molecule has 0 saturated heterocycles. The third kappa shape index (κ3) is 3.35. The van der Waals surface area contributed by atoms with Gasteiger partial charge in [-0.15, -0.1) is 0 Å². The van der Waals surface area contributed by atoms with Gasteiger partial charge in [-0.05, 0) is 42.7 Å². The molecule has 0 aliphatic carbocycles. The van der Waals surface area contributed by atoms with Crippen LogP contribution in [0.2, 0.25) is 0 Å². The number of pyridine rings is 1. The Labute approximate surface area is 135 Å². The van der Waals surface area contributed by atoms with Gasteiger partial charge in [0.2, 0.25) is 0 Å². The minimum Gasteiger partial charge on any atom is -0.497 e. The van der Waals surface area contributed by atoms with E-state index in [4.69, 9.17) is 14.8 Å². The van der Waals surface area contributed by atoms with Crippen molar-refractivity contribution in [2.75, 3.05) is 13.7 Å². The molecule has 1 N–H and O–H groups in total. The van der Waals surface area contributed by atoms with Gasteiger partial charge in [0.05, 0.1) is 7.11 Å². The standard InChI is InChI=1S/C18H21N3O2/c1-13-10-16-18(19-12-13)21(8-3-9-22)17(20-16)11-14-4-6-15(23-2)7-5-14/h4-7,10,12,22H,3,8-9,11H2,1-2H3. The smallest absolute Gasteiger partial charge is 0.160 e. The van der Waals surface area contributed by atoms with E-state index in [-0.39, 0.29) is 6.61 Å². The molecule has 0 aliphatic rings. The minimum atomic E-state index is 0.160. The van der Waals surface area contributed by atoms with Crippen molar-refractivity contribution in [1.29, 1.82) is 0 Å². The van der Waals surface area contributed by atoms with Crippen LogP contribution in [0.15, 0.2) is 36.5 Å². The number of ether oxygens (including phenoxy) is 1. The van der Waals surface area contributed by atoms with Crippen molar-refractivity contribution in [3.8, 4) is 5.75 Å². The summed E-state index contributed by atoms with van der Waals surface area (Å²) in [4.78, 5) is 9.27. The van der Waals surface area contributed by atoms with Gasteiger partial charge in [0.15, 0.2) is 5.65 Å². The largest absolute Gasteiger partial charge is 0.497 e. The van der Waals surface area contributed by atoms with Gasteiger partial charge in [0.25, 0.3) is 0 Å². The maximum Gasteiger partial charge on any atom is 0.160 e. The first kappa shape index (κ1) is 15.5. The van der Waals surface area contributed by atoms with E-state index in [0.29, 0.717) is 13.0 Å². The van der Waals surface area contributed by atoms with E-state index in [1.54, 1.807) is 7.11 Å². The molecule has 120 valence electrons. The zero-order valence-corrected chi connectivity index (χ0v) is 13.5. The highest BCUT2D eigenvalue weighted by atomic mass is 16.5. The van der Waals surface area contributed by atoms with E-state index in [1.165, 1.54) is 5.56 Å². The Morgan fingerprint density at radius 1 is 1.22 bits per heavy atom. The van der Waals surface area contributed by atoms with Crippen LogP contribution >= 0.6 is 0 Å². The van der Waals surface area contributed by atoms with Crippen molar-refractivity contribution in [1.82, 2.24) is 14.5 Å². The molecule has 0 saturated carbocycles. The molecule has 2 aromatic heterocycles. The molecule has 2 heterocycles. The van der Waals surface area contributed by atoms with Crippen molar-refractivity contribution >= 4 is 11.2 Å². The van der Waals surface area contributed by atoms with E-state index in [0.717, 1.165) is 34.7 Å². The number of aliphatic hydroxyl groups is 1. The number of hydrogen-bond donors (Lipinski definition) is 1. The molecule has 0 aliphatic heterocycles. The molecular formula is C18H21N3O2. The number of aryl methyl sites for hydroxylation is 2. The van der Waals surface area contributed by atoms with Crippen LogP contribution in [0.3, 0.4) is 0 Å². The highest BCUT2D eigenvalue weighted by Gasteiger charge is 2.12. The molecule has 5 nitrogen and oxygen atoms in total. The molecule has 0 unspecified atom stereocenters. The second-order valence-corrected chi connectivity index (χ2v) is 5.64. The van der Waals surface area contributed by atoms with Crippen LogP contribution in [0.4, 0.5) is 0 Å². The SMILES string of the molecule is COc1ccc(Cc2nc3cc(C)cnc3n2CCCO)cc1. The van der Waals surface area contributed by atoms with Crippen LogP contribution in [0.1, 0.15) is 23.4 Å². The lowest BCUT2D eigenvalue weighted by Gasteiger charge is -2.08. The molecule has 5 heteroatoms. The number of rotatable bonds is 6. The molecule has 23 heavy (non-hydrogen) atoms. The summed E-state index contributed by atoms with van der Waals surface area (Å²) in [5.41, 5.74) is 4.06. The fraction of sp³-hybridized carbons (Fsp3) is 0.333. The van der Waals surface area contributed by atoms with E-state index in [1.807, 2.05) is 37.4 Å². The monoisotopic (exact) mass is 311 g/mol. The predicted octanol–water partition coefficient (Wildman–Crippen LogP) is 2.72. The Hall–Kier alpha value is -2.40. The Bertz CT molecular complexity index is 794. The van der Waals surface area contributed by atoms with Crippen LogP contribution in [-0.4, -0.2) is 33.4 Å². The van der Waals surface area contributed by atoms with Crippen LogP contribution in [0, 0.1) is 6.92 Å². The van der Waals surface area contributed by atoms with Gasteiger partial charge >= 0.3 is 0 Å². The zero-order chi connectivity index (χ0) is 16.2. The predicted molar refractivity (Wildman–Crippen MR) is 89.8 cm³/mol. The highest BCUT2D eigenvalue weighted by molar-refractivity contribution is 5.72. The molecule has 0 radical (unpaired) electrons. The Morgan fingerprint density at radius 2 is 2.00 bits per heavy atom. The van der Waals surface area contributed by atoms with Crippen molar-refractivity contribution in [2.24, 2.45) is 0 Å². The summed E-state index contributed by atoms with van der Waals surface area (Å²) in [6.45, 7) is 2.89. The average molecular weight is 311 g/mol. The third-order valence-corrected chi connectivity index (χ3v) is 3.86. The molecule has 3 aromatic rings. The van der Waals surface area contributed by atoms with Crippen LogP contribution in [0.25, 0.3) is 11.2 Å². The third-order valence-electron chi connectivity index (χ3n) is 3.86. The fourth-order valence-corrected chi connectivity index (χ4v) is 2.68. The average Bonchev–Trinajstić information content (AvgIpc) is 2.89. The molecule has 0 spiro atoms. The van der Waals surface area contributed by atoms with Crippen LogP contribution in [0.5, 0.6) is 5.75 Å². The second-order valence-electron chi connectivity index (χ2n) is 5.64. The number of hydrogen-bond acceptors (Lipinski definition) is 4. The van der Waals surface area contributed by atoms with Crippen molar-refractivity contribution in [3.63, 3.8) is 0 Å². The Kier molecular flexibility index (Phi) is 4.57.